The summed E-state index contributed by atoms with van der Waals surface area (Å²) in [7, 11) is 1.59. The highest BCUT2D eigenvalue weighted by Crippen LogP contribution is 2.24. The molecule has 0 aliphatic carbocycles. The molecule has 8 heteroatoms. The smallest absolute Gasteiger partial charge is 0.315 e. The second kappa shape index (κ2) is 9.22. The van der Waals surface area contributed by atoms with E-state index in [0.717, 1.165) is 30.8 Å². The molecule has 0 aromatic carbocycles. The lowest BCUT2D eigenvalue weighted by molar-refractivity contribution is -0.122. The second-order valence-corrected chi connectivity index (χ2v) is 6.36. The Balaban J connectivity index is 1.98. The highest BCUT2D eigenvalue weighted by Gasteiger charge is 2.26. The number of methoxy groups -OCH3 is 1. The summed E-state index contributed by atoms with van der Waals surface area (Å²) >= 11 is 0. The molecule has 0 radical (unpaired) electrons. The zero-order chi connectivity index (χ0) is 18.2. The molecule has 1 saturated heterocycles. The van der Waals surface area contributed by atoms with E-state index in [4.69, 9.17) is 10.5 Å². The highest BCUT2D eigenvalue weighted by atomic mass is 16.5. The van der Waals surface area contributed by atoms with Crippen molar-refractivity contribution in [2.45, 2.75) is 32.4 Å². The van der Waals surface area contributed by atoms with Gasteiger partial charge in [0.1, 0.15) is 5.82 Å². The van der Waals surface area contributed by atoms with Crippen LogP contribution in [0.15, 0.2) is 18.3 Å². The van der Waals surface area contributed by atoms with Gasteiger partial charge in [-0.15, -0.1) is 0 Å². The first-order valence-electron chi connectivity index (χ1n) is 8.52. The van der Waals surface area contributed by atoms with Crippen LogP contribution in [0, 0.1) is 5.92 Å². The number of pyridine rings is 1. The van der Waals surface area contributed by atoms with Crippen molar-refractivity contribution in [3.63, 3.8) is 0 Å². The van der Waals surface area contributed by atoms with Crippen LogP contribution in [0.25, 0.3) is 0 Å². The van der Waals surface area contributed by atoms with Crippen LogP contribution in [-0.2, 0) is 16.1 Å². The Labute approximate surface area is 148 Å². The number of nitrogens with one attached hydrogen (secondary N) is 2. The van der Waals surface area contributed by atoms with E-state index in [1.54, 1.807) is 13.3 Å². The molecule has 0 saturated carbocycles. The van der Waals surface area contributed by atoms with Gasteiger partial charge in [0.25, 0.3) is 0 Å². The summed E-state index contributed by atoms with van der Waals surface area (Å²) in [6.07, 6.45) is 3.42. The average molecular weight is 349 g/mol. The van der Waals surface area contributed by atoms with Crippen molar-refractivity contribution >= 4 is 17.8 Å². The van der Waals surface area contributed by atoms with E-state index in [9.17, 15) is 9.59 Å². The van der Waals surface area contributed by atoms with Crippen molar-refractivity contribution in [1.82, 2.24) is 15.6 Å². The number of nitrogens with two attached hydrogens (primary N) is 1. The molecule has 2 unspecified atom stereocenters. The van der Waals surface area contributed by atoms with Gasteiger partial charge in [0.05, 0.1) is 18.6 Å². The van der Waals surface area contributed by atoms with Crippen molar-refractivity contribution in [3.05, 3.63) is 23.9 Å². The van der Waals surface area contributed by atoms with Crippen LogP contribution in [0.3, 0.4) is 0 Å². The lowest BCUT2D eigenvalue weighted by atomic mass is 9.97. The average Bonchev–Trinajstić information content (AvgIpc) is 2.60. The number of amides is 3. The third-order valence-corrected chi connectivity index (χ3v) is 4.22. The van der Waals surface area contributed by atoms with Gasteiger partial charge < -0.3 is 26.0 Å². The number of hydrogen-bond donors (Lipinski definition) is 3. The minimum atomic E-state index is -0.271. The molecule has 2 rings (SSSR count). The van der Waals surface area contributed by atoms with Crippen LogP contribution < -0.4 is 21.3 Å². The lowest BCUT2D eigenvalue weighted by Gasteiger charge is -2.33. The van der Waals surface area contributed by atoms with Crippen molar-refractivity contribution in [3.8, 4) is 0 Å². The molecule has 2 heterocycles. The summed E-state index contributed by atoms with van der Waals surface area (Å²) in [6, 6.07) is 3.43. The topological polar surface area (TPSA) is 110 Å². The number of carbonyl (C=O) groups excluding carboxylic acids is 2. The molecule has 4 N–H and O–H groups in total. The standard InChI is InChI=1S/C17H27N5O3/c1-12(11-25-2)21-17(24)20-9-13-5-3-7-19-16(13)22-8-4-6-14(10-22)15(18)23/h3,5,7,12,14H,4,6,8-11H2,1-2H3,(H2,18,23)(H2,20,21,24). The van der Waals surface area contributed by atoms with E-state index >= 15 is 0 Å². The van der Waals surface area contributed by atoms with Gasteiger partial charge >= 0.3 is 6.03 Å². The van der Waals surface area contributed by atoms with E-state index in [1.165, 1.54) is 0 Å². The fourth-order valence-corrected chi connectivity index (χ4v) is 3.00. The van der Waals surface area contributed by atoms with Crippen LogP contribution in [0.4, 0.5) is 10.6 Å². The molecule has 1 aromatic rings. The van der Waals surface area contributed by atoms with Gasteiger partial charge in [0.2, 0.25) is 5.91 Å². The Morgan fingerprint density at radius 3 is 3.04 bits per heavy atom. The molecule has 1 aliphatic rings. The van der Waals surface area contributed by atoms with Crippen LogP contribution in [0.1, 0.15) is 25.3 Å². The Kier molecular flexibility index (Phi) is 7.00. The number of anilines is 1. The summed E-state index contributed by atoms with van der Waals surface area (Å²) in [5, 5.41) is 5.64. The predicted molar refractivity (Wildman–Crippen MR) is 95.1 cm³/mol. The van der Waals surface area contributed by atoms with Gasteiger partial charge in [-0.3, -0.25) is 4.79 Å². The number of primary amides is 1. The Morgan fingerprint density at radius 2 is 2.32 bits per heavy atom. The Bertz CT molecular complexity index is 595. The minimum absolute atomic E-state index is 0.0724. The zero-order valence-electron chi connectivity index (χ0n) is 14.8. The maximum Gasteiger partial charge on any atom is 0.315 e. The number of aromatic nitrogens is 1. The number of rotatable bonds is 7. The summed E-state index contributed by atoms with van der Waals surface area (Å²) in [5.41, 5.74) is 6.36. The summed E-state index contributed by atoms with van der Waals surface area (Å²) in [4.78, 5) is 30.0. The Hall–Kier alpha value is -2.35. The van der Waals surface area contributed by atoms with E-state index in [-0.39, 0.29) is 23.9 Å². The molecule has 2 atom stereocenters. The number of ether oxygens (including phenoxy) is 1. The number of piperidine rings is 1. The van der Waals surface area contributed by atoms with E-state index in [0.29, 0.717) is 19.7 Å². The van der Waals surface area contributed by atoms with Gasteiger partial charge in [-0.25, -0.2) is 9.78 Å². The molecule has 1 aliphatic heterocycles. The van der Waals surface area contributed by atoms with Gasteiger partial charge in [0.15, 0.2) is 0 Å². The van der Waals surface area contributed by atoms with Crippen LogP contribution in [0.5, 0.6) is 0 Å². The summed E-state index contributed by atoms with van der Waals surface area (Å²) in [5.74, 6) is 0.361. The van der Waals surface area contributed by atoms with Gasteiger partial charge in [0, 0.05) is 38.5 Å². The first-order valence-corrected chi connectivity index (χ1v) is 8.52. The number of urea groups is 1. The molecule has 1 fully saturated rings. The normalized spacial score (nSPS) is 18.5. The van der Waals surface area contributed by atoms with Crippen molar-refractivity contribution < 1.29 is 14.3 Å². The minimum Gasteiger partial charge on any atom is -0.383 e. The second-order valence-electron chi connectivity index (χ2n) is 6.36. The van der Waals surface area contributed by atoms with Gasteiger partial charge in [-0.1, -0.05) is 6.07 Å². The van der Waals surface area contributed by atoms with Crippen LogP contribution in [0.2, 0.25) is 0 Å². The fraction of sp³-hybridized carbons (Fsp3) is 0.588. The molecular formula is C17H27N5O3. The maximum absolute atomic E-state index is 12.0. The van der Waals surface area contributed by atoms with Crippen molar-refractivity contribution in [1.29, 1.82) is 0 Å². The first kappa shape index (κ1) is 19.0. The predicted octanol–water partition coefficient (Wildman–Crippen LogP) is 0.617. The first-order chi connectivity index (χ1) is 12.0. The summed E-state index contributed by atoms with van der Waals surface area (Å²) in [6.45, 7) is 4.07. The Morgan fingerprint density at radius 1 is 1.52 bits per heavy atom. The summed E-state index contributed by atoms with van der Waals surface area (Å²) < 4.78 is 5.00. The monoisotopic (exact) mass is 349 g/mol. The molecule has 8 nitrogen and oxygen atoms in total. The van der Waals surface area contributed by atoms with E-state index in [1.807, 2.05) is 19.1 Å². The number of hydrogen-bond acceptors (Lipinski definition) is 5. The van der Waals surface area contributed by atoms with Gasteiger partial charge in [-0.05, 0) is 25.8 Å². The largest absolute Gasteiger partial charge is 0.383 e. The maximum atomic E-state index is 12.0. The molecule has 0 spiro atoms. The quantitative estimate of drug-likeness (QED) is 0.668. The van der Waals surface area contributed by atoms with Crippen molar-refractivity contribution in [2.24, 2.45) is 11.7 Å². The number of carbonyl (C=O) groups is 2. The SMILES string of the molecule is COCC(C)NC(=O)NCc1cccnc1N1CCCC(C(N)=O)C1. The zero-order valence-corrected chi connectivity index (χ0v) is 14.8. The number of nitrogens with zero attached hydrogens (tertiary/aromatic N) is 2. The van der Waals surface area contributed by atoms with Crippen LogP contribution in [-0.4, -0.2) is 49.8 Å². The molecule has 1 aromatic heterocycles. The van der Waals surface area contributed by atoms with Crippen molar-refractivity contribution in [2.75, 3.05) is 31.7 Å². The third-order valence-electron chi connectivity index (χ3n) is 4.22. The molecule has 0 bridgehead atoms. The highest BCUT2D eigenvalue weighted by molar-refractivity contribution is 5.77. The lowest BCUT2D eigenvalue weighted by Crippen LogP contribution is -2.43. The van der Waals surface area contributed by atoms with Gasteiger partial charge in [-0.2, -0.15) is 0 Å². The molecular weight excluding hydrogens is 322 g/mol. The van der Waals surface area contributed by atoms with Crippen LogP contribution >= 0.6 is 0 Å². The third kappa shape index (κ3) is 5.60. The molecule has 25 heavy (non-hydrogen) atoms. The fourth-order valence-electron chi connectivity index (χ4n) is 3.00. The molecule has 138 valence electrons. The molecule has 3 amide bonds. The van der Waals surface area contributed by atoms with E-state index in [2.05, 4.69) is 20.5 Å². The van der Waals surface area contributed by atoms with E-state index < -0.39 is 0 Å².